The molecule has 0 saturated carbocycles. The average molecular weight is 465 g/mol. The van der Waals surface area contributed by atoms with Gasteiger partial charge in [-0.3, -0.25) is 4.79 Å². The molecule has 3 aromatic carbocycles. The van der Waals surface area contributed by atoms with Gasteiger partial charge in [0.15, 0.2) is 0 Å². The molecule has 0 radical (unpaired) electrons. The summed E-state index contributed by atoms with van der Waals surface area (Å²) in [6.45, 7) is 2.50. The van der Waals surface area contributed by atoms with Gasteiger partial charge in [-0.15, -0.1) is 0 Å². The molecule has 1 heterocycles. The first-order valence-corrected chi connectivity index (χ1v) is 12.5. The summed E-state index contributed by atoms with van der Waals surface area (Å²) in [5.74, 6) is -0.302. The molecule has 4 rings (SSSR count). The van der Waals surface area contributed by atoms with Gasteiger partial charge in [-0.05, 0) is 47.7 Å². The molecular weight excluding hydrogens is 436 g/mol. The minimum Gasteiger partial charge on any atom is -0.372 e. The number of sulfonamides is 1. The zero-order chi connectivity index (χ0) is 23.1. The quantitative estimate of drug-likeness (QED) is 0.517. The van der Waals surface area contributed by atoms with Gasteiger partial charge in [-0.1, -0.05) is 60.7 Å². The Morgan fingerprint density at radius 3 is 2.15 bits per heavy atom. The summed E-state index contributed by atoms with van der Waals surface area (Å²) in [4.78, 5) is 12.8. The number of ether oxygens (including phenoxy) is 1. The van der Waals surface area contributed by atoms with Crippen molar-refractivity contribution in [2.24, 2.45) is 0 Å². The van der Waals surface area contributed by atoms with Crippen molar-refractivity contribution in [1.29, 1.82) is 0 Å². The summed E-state index contributed by atoms with van der Waals surface area (Å²) >= 11 is 0. The van der Waals surface area contributed by atoms with Gasteiger partial charge in [0.05, 0.1) is 18.1 Å². The summed E-state index contributed by atoms with van der Waals surface area (Å²) in [6.07, 6.45) is 1.74. The highest BCUT2D eigenvalue weighted by atomic mass is 32.2. The van der Waals surface area contributed by atoms with Crippen molar-refractivity contribution in [2.45, 2.75) is 37.5 Å². The Kier molecular flexibility index (Phi) is 7.54. The van der Waals surface area contributed by atoms with Crippen LogP contribution >= 0.6 is 0 Å². The van der Waals surface area contributed by atoms with Crippen LogP contribution in [0.5, 0.6) is 0 Å². The molecule has 0 unspecified atom stereocenters. The predicted molar refractivity (Wildman–Crippen MR) is 127 cm³/mol. The molecule has 1 N–H and O–H groups in total. The normalized spacial score (nSPS) is 14.3. The van der Waals surface area contributed by atoms with Gasteiger partial charge in [0.2, 0.25) is 10.0 Å². The van der Waals surface area contributed by atoms with E-state index in [1.165, 1.54) is 10.4 Å². The third-order valence-corrected chi connectivity index (χ3v) is 7.55. The minimum atomic E-state index is -3.55. The van der Waals surface area contributed by atoms with Crippen molar-refractivity contribution in [3.8, 4) is 0 Å². The Balaban J connectivity index is 1.29. The molecule has 0 aromatic heterocycles. The number of hydrogen-bond acceptors (Lipinski definition) is 4. The van der Waals surface area contributed by atoms with Crippen LogP contribution in [0.3, 0.4) is 0 Å². The lowest BCUT2D eigenvalue weighted by molar-refractivity contribution is 0.0950. The molecule has 7 heteroatoms. The van der Waals surface area contributed by atoms with Gasteiger partial charge in [-0.2, -0.15) is 4.31 Å². The van der Waals surface area contributed by atoms with Crippen LogP contribution in [-0.2, 0) is 34.5 Å². The van der Waals surface area contributed by atoms with Gasteiger partial charge < -0.3 is 10.1 Å². The second-order valence-corrected chi connectivity index (χ2v) is 10.1. The first-order chi connectivity index (χ1) is 16.0. The molecular formula is C26H28N2O4S. The largest absolute Gasteiger partial charge is 0.372 e. The van der Waals surface area contributed by atoms with E-state index in [0.29, 0.717) is 38.4 Å². The van der Waals surface area contributed by atoms with Crippen LogP contribution in [-0.4, -0.2) is 31.7 Å². The van der Waals surface area contributed by atoms with E-state index in [0.717, 1.165) is 29.5 Å². The van der Waals surface area contributed by atoms with E-state index in [4.69, 9.17) is 4.74 Å². The lowest BCUT2D eigenvalue weighted by Gasteiger charge is -2.16. The molecule has 0 spiro atoms. The van der Waals surface area contributed by atoms with Crippen LogP contribution < -0.4 is 5.32 Å². The number of rotatable bonds is 9. The van der Waals surface area contributed by atoms with E-state index in [-0.39, 0.29) is 10.8 Å². The molecule has 1 amide bonds. The smallest absolute Gasteiger partial charge is 0.251 e. The summed E-state index contributed by atoms with van der Waals surface area (Å²) in [7, 11) is -3.55. The maximum atomic E-state index is 12.8. The molecule has 1 fully saturated rings. The molecule has 0 bridgehead atoms. The number of carbonyl (C=O) groups excluding carboxylic acids is 1. The number of nitrogens with one attached hydrogen (secondary N) is 1. The fourth-order valence-electron chi connectivity index (χ4n) is 3.77. The standard InChI is InChI=1S/C26H28N2O4S/c29-26(24-9-6-10-25(17-24)33(30,31)28-15-4-5-16-28)27-18-21-11-13-23(14-12-21)20-32-19-22-7-2-1-3-8-22/h1-3,6-14,17H,4-5,15-16,18-20H2,(H,27,29). The highest BCUT2D eigenvalue weighted by molar-refractivity contribution is 7.89. The third kappa shape index (κ3) is 6.07. The number of hydrogen-bond donors (Lipinski definition) is 1. The van der Waals surface area contributed by atoms with Crippen LogP contribution in [0.15, 0.2) is 83.8 Å². The zero-order valence-corrected chi connectivity index (χ0v) is 19.3. The van der Waals surface area contributed by atoms with E-state index in [9.17, 15) is 13.2 Å². The Morgan fingerprint density at radius 1 is 0.818 bits per heavy atom. The van der Waals surface area contributed by atoms with E-state index in [1.54, 1.807) is 18.2 Å². The first-order valence-electron chi connectivity index (χ1n) is 11.1. The molecule has 172 valence electrons. The summed E-state index contributed by atoms with van der Waals surface area (Å²) < 4.78 is 32.8. The summed E-state index contributed by atoms with van der Waals surface area (Å²) in [6, 6.07) is 24.1. The maximum Gasteiger partial charge on any atom is 0.251 e. The zero-order valence-electron chi connectivity index (χ0n) is 18.4. The van der Waals surface area contributed by atoms with Gasteiger partial charge in [-0.25, -0.2) is 8.42 Å². The van der Waals surface area contributed by atoms with Gasteiger partial charge in [0.25, 0.3) is 5.91 Å². The van der Waals surface area contributed by atoms with E-state index in [2.05, 4.69) is 5.32 Å². The van der Waals surface area contributed by atoms with Crippen LogP contribution in [0.1, 0.15) is 39.9 Å². The molecule has 1 aliphatic rings. The molecule has 0 aliphatic carbocycles. The third-order valence-electron chi connectivity index (χ3n) is 5.66. The van der Waals surface area contributed by atoms with Crippen LogP contribution in [0.25, 0.3) is 0 Å². The maximum absolute atomic E-state index is 12.8. The highest BCUT2D eigenvalue weighted by Crippen LogP contribution is 2.21. The van der Waals surface area contributed by atoms with Crippen molar-refractivity contribution in [2.75, 3.05) is 13.1 Å². The van der Waals surface area contributed by atoms with Crippen LogP contribution in [0.2, 0.25) is 0 Å². The fraction of sp³-hybridized carbons (Fsp3) is 0.269. The van der Waals surface area contributed by atoms with Crippen molar-refractivity contribution in [3.63, 3.8) is 0 Å². The van der Waals surface area contributed by atoms with Crippen molar-refractivity contribution < 1.29 is 17.9 Å². The Labute approximate surface area is 195 Å². The number of carbonyl (C=O) groups is 1. The lowest BCUT2D eigenvalue weighted by atomic mass is 10.1. The summed E-state index contributed by atoms with van der Waals surface area (Å²) in [5, 5.41) is 2.87. The number of amides is 1. The van der Waals surface area contributed by atoms with E-state index in [1.807, 2.05) is 54.6 Å². The first kappa shape index (κ1) is 23.2. The molecule has 0 atom stereocenters. The van der Waals surface area contributed by atoms with Crippen LogP contribution in [0, 0.1) is 0 Å². The molecule has 6 nitrogen and oxygen atoms in total. The van der Waals surface area contributed by atoms with E-state index >= 15 is 0 Å². The fourth-order valence-corrected chi connectivity index (χ4v) is 5.34. The second-order valence-electron chi connectivity index (χ2n) is 8.12. The Bertz CT molecular complexity index is 1170. The second kappa shape index (κ2) is 10.7. The number of benzene rings is 3. The van der Waals surface area contributed by atoms with Crippen molar-refractivity contribution in [3.05, 3.63) is 101 Å². The minimum absolute atomic E-state index is 0.164. The predicted octanol–water partition coefficient (Wildman–Crippen LogP) is 4.12. The van der Waals surface area contributed by atoms with Crippen molar-refractivity contribution >= 4 is 15.9 Å². The SMILES string of the molecule is O=C(NCc1ccc(COCc2ccccc2)cc1)c1cccc(S(=O)(=O)N2CCCC2)c1. The molecule has 1 aliphatic heterocycles. The Hall–Kier alpha value is -3.00. The van der Waals surface area contributed by atoms with E-state index < -0.39 is 10.0 Å². The number of nitrogens with zero attached hydrogens (tertiary/aromatic N) is 1. The van der Waals surface area contributed by atoms with Gasteiger partial charge in [0.1, 0.15) is 0 Å². The topological polar surface area (TPSA) is 75.7 Å². The highest BCUT2D eigenvalue weighted by Gasteiger charge is 2.27. The van der Waals surface area contributed by atoms with Crippen LogP contribution in [0.4, 0.5) is 0 Å². The summed E-state index contributed by atoms with van der Waals surface area (Å²) in [5.41, 5.74) is 3.48. The average Bonchev–Trinajstić information content (AvgIpc) is 3.40. The van der Waals surface area contributed by atoms with Gasteiger partial charge in [0, 0.05) is 25.2 Å². The molecule has 1 saturated heterocycles. The lowest BCUT2D eigenvalue weighted by Crippen LogP contribution is -2.28. The molecule has 33 heavy (non-hydrogen) atoms. The van der Waals surface area contributed by atoms with Crippen molar-refractivity contribution in [1.82, 2.24) is 9.62 Å². The monoisotopic (exact) mass is 464 g/mol. The molecule has 3 aromatic rings. The van der Waals surface area contributed by atoms with Gasteiger partial charge >= 0.3 is 0 Å². The Morgan fingerprint density at radius 2 is 1.45 bits per heavy atom.